The average Bonchev–Trinajstić information content (AvgIpc) is 3.25. The summed E-state index contributed by atoms with van der Waals surface area (Å²) in [4.78, 5) is 20.2. The predicted molar refractivity (Wildman–Crippen MR) is 118 cm³/mol. The van der Waals surface area contributed by atoms with Crippen molar-refractivity contribution in [3.63, 3.8) is 0 Å². The summed E-state index contributed by atoms with van der Waals surface area (Å²) >= 11 is 7.90. The number of aryl methyl sites for hydroxylation is 1. The fourth-order valence-corrected chi connectivity index (χ4v) is 5.09. The van der Waals surface area contributed by atoms with E-state index in [0.717, 1.165) is 49.6 Å². The number of benzene rings is 2. The third-order valence-corrected chi connectivity index (χ3v) is 6.52. The van der Waals surface area contributed by atoms with Crippen LogP contribution in [0.5, 0.6) is 0 Å². The smallest absolute Gasteiger partial charge is 0.263 e. The van der Waals surface area contributed by atoms with Crippen molar-refractivity contribution in [2.24, 2.45) is 0 Å². The Bertz CT molecular complexity index is 1300. The van der Waals surface area contributed by atoms with Crippen LogP contribution < -0.4 is 5.56 Å². The Labute approximate surface area is 171 Å². The lowest BCUT2D eigenvalue weighted by Gasteiger charge is -2.06. The van der Waals surface area contributed by atoms with E-state index in [1.807, 2.05) is 47.0 Å². The first-order valence-electron chi connectivity index (χ1n) is 9.18. The number of aromatic nitrogens is 2. The number of halogens is 1. The molecule has 0 aliphatic carbocycles. The lowest BCUT2D eigenvalue weighted by molar-refractivity contribution is 0.726. The van der Waals surface area contributed by atoms with E-state index < -0.39 is 0 Å². The Kier molecular flexibility index (Phi) is 4.18. The second-order valence-corrected chi connectivity index (χ2v) is 8.52. The monoisotopic (exact) mass is 404 g/mol. The maximum absolute atomic E-state index is 13.4. The van der Waals surface area contributed by atoms with E-state index in [2.05, 4.69) is 25.1 Å². The minimum absolute atomic E-state index is 0.0470. The van der Waals surface area contributed by atoms with Crippen molar-refractivity contribution in [3.8, 4) is 11.1 Å². The lowest BCUT2D eigenvalue weighted by Crippen LogP contribution is -2.20. The van der Waals surface area contributed by atoms with Crippen molar-refractivity contribution in [2.45, 2.75) is 19.9 Å². The van der Waals surface area contributed by atoms with Crippen LogP contribution >= 0.6 is 22.9 Å². The molecule has 0 unspecified atom stereocenters. The van der Waals surface area contributed by atoms with Gasteiger partial charge in [0.15, 0.2) is 0 Å². The van der Waals surface area contributed by atoms with Crippen LogP contribution in [0.3, 0.4) is 0 Å². The molecule has 0 bridgehead atoms. The third-order valence-electron chi connectivity index (χ3n) is 5.18. The molecule has 0 radical (unpaired) electrons. The molecule has 4 aromatic rings. The Morgan fingerprint density at radius 2 is 1.86 bits per heavy atom. The molecule has 5 rings (SSSR count). The average molecular weight is 405 g/mol. The summed E-state index contributed by atoms with van der Waals surface area (Å²) in [5, 5.41) is 1.44. The van der Waals surface area contributed by atoms with Crippen molar-refractivity contribution in [3.05, 3.63) is 86.2 Å². The first-order valence-corrected chi connectivity index (χ1v) is 10.4. The molecule has 0 atom stereocenters. The highest BCUT2D eigenvalue weighted by Crippen LogP contribution is 2.37. The first-order chi connectivity index (χ1) is 13.6. The number of hydrogen-bond donors (Lipinski definition) is 0. The number of allylic oxidation sites excluding steroid dienone is 1. The van der Waals surface area contributed by atoms with Gasteiger partial charge in [-0.3, -0.25) is 9.36 Å². The van der Waals surface area contributed by atoms with Crippen LogP contribution in [0.25, 0.3) is 33.0 Å². The van der Waals surface area contributed by atoms with Crippen LogP contribution in [-0.4, -0.2) is 9.55 Å². The van der Waals surface area contributed by atoms with Gasteiger partial charge in [-0.25, -0.2) is 4.98 Å². The molecule has 0 N–H and O–H groups in total. The highest BCUT2D eigenvalue weighted by Gasteiger charge is 2.24. The van der Waals surface area contributed by atoms with E-state index >= 15 is 0 Å². The van der Waals surface area contributed by atoms with Crippen molar-refractivity contribution >= 4 is 44.8 Å². The largest absolute Gasteiger partial charge is 0.292 e. The van der Waals surface area contributed by atoms with Gasteiger partial charge in [-0.2, -0.15) is 0 Å². The van der Waals surface area contributed by atoms with E-state index in [0.29, 0.717) is 11.6 Å². The number of hydrogen-bond acceptors (Lipinski definition) is 3. The van der Waals surface area contributed by atoms with Crippen molar-refractivity contribution in [1.82, 2.24) is 9.55 Å². The Morgan fingerprint density at radius 3 is 2.64 bits per heavy atom. The zero-order valence-electron chi connectivity index (χ0n) is 15.3. The highest BCUT2D eigenvalue weighted by atomic mass is 35.5. The molecule has 3 heterocycles. The van der Waals surface area contributed by atoms with E-state index in [4.69, 9.17) is 16.6 Å². The van der Waals surface area contributed by atoms with Gasteiger partial charge < -0.3 is 0 Å². The van der Waals surface area contributed by atoms with Crippen molar-refractivity contribution in [1.29, 1.82) is 0 Å². The first kappa shape index (κ1) is 17.4. The van der Waals surface area contributed by atoms with Crippen LogP contribution in [-0.2, 0) is 6.54 Å². The van der Waals surface area contributed by atoms with Crippen LogP contribution in [0.15, 0.2) is 59.4 Å². The van der Waals surface area contributed by atoms with Crippen LogP contribution in [0.2, 0.25) is 5.02 Å². The molecule has 1 aliphatic heterocycles. The fourth-order valence-electron chi connectivity index (χ4n) is 3.86. The van der Waals surface area contributed by atoms with Crippen LogP contribution in [0.4, 0.5) is 0 Å². The Morgan fingerprint density at radius 1 is 1.11 bits per heavy atom. The van der Waals surface area contributed by atoms with Gasteiger partial charge in [0, 0.05) is 22.0 Å². The third kappa shape index (κ3) is 2.72. The summed E-state index contributed by atoms with van der Waals surface area (Å²) in [5.41, 5.74) is 4.13. The SMILES string of the molecule is Cc1sc2nc3n(c(=O)c2c1-c1ccccc1)CC/C3=C\c1ccccc1Cl. The molecule has 0 saturated heterocycles. The Balaban J connectivity index is 1.73. The van der Waals surface area contributed by atoms with E-state index in [9.17, 15) is 4.79 Å². The van der Waals surface area contributed by atoms with Crippen molar-refractivity contribution in [2.75, 3.05) is 0 Å². The number of fused-ring (bicyclic) bond motifs is 2. The minimum atomic E-state index is 0.0470. The predicted octanol–water partition coefficient (Wildman–Crippen LogP) is 6.03. The highest BCUT2D eigenvalue weighted by molar-refractivity contribution is 7.19. The molecule has 2 aromatic heterocycles. The zero-order valence-corrected chi connectivity index (χ0v) is 16.8. The molecule has 3 nitrogen and oxygen atoms in total. The fraction of sp³-hybridized carbons (Fsp3) is 0.130. The van der Waals surface area contributed by atoms with Gasteiger partial charge in [-0.1, -0.05) is 60.1 Å². The molecule has 138 valence electrons. The molecule has 0 amide bonds. The van der Waals surface area contributed by atoms with Gasteiger partial charge in [0.2, 0.25) is 0 Å². The summed E-state index contributed by atoms with van der Waals surface area (Å²) in [6.07, 6.45) is 2.84. The van der Waals surface area contributed by atoms with E-state index in [-0.39, 0.29) is 5.56 Å². The van der Waals surface area contributed by atoms with Crippen molar-refractivity contribution < 1.29 is 0 Å². The summed E-state index contributed by atoms with van der Waals surface area (Å²) in [6.45, 7) is 2.71. The standard InChI is InChI=1S/C23H17ClN2OS/c1-14-19(15-7-3-2-4-8-15)20-22(28-14)25-21-17(11-12-26(21)23(20)27)13-16-9-5-6-10-18(16)24/h2-10,13H,11-12H2,1H3/b17-13+. The number of rotatable bonds is 2. The zero-order chi connectivity index (χ0) is 19.3. The van der Waals surface area contributed by atoms with Gasteiger partial charge in [-0.15, -0.1) is 11.3 Å². The molecular weight excluding hydrogens is 388 g/mol. The molecule has 28 heavy (non-hydrogen) atoms. The molecule has 0 saturated carbocycles. The number of nitrogens with zero attached hydrogens (tertiary/aromatic N) is 2. The maximum Gasteiger partial charge on any atom is 0.263 e. The summed E-state index contributed by atoms with van der Waals surface area (Å²) in [7, 11) is 0. The lowest BCUT2D eigenvalue weighted by atomic mass is 10.0. The van der Waals surface area contributed by atoms with Gasteiger partial charge in [-0.05, 0) is 42.2 Å². The minimum Gasteiger partial charge on any atom is -0.292 e. The van der Waals surface area contributed by atoms with Crippen LogP contribution in [0.1, 0.15) is 22.7 Å². The van der Waals surface area contributed by atoms with Gasteiger partial charge in [0.1, 0.15) is 10.7 Å². The summed E-state index contributed by atoms with van der Waals surface area (Å²) in [5.74, 6) is 0.762. The number of thiophene rings is 1. The van der Waals surface area contributed by atoms with E-state index in [1.165, 1.54) is 0 Å². The summed E-state index contributed by atoms with van der Waals surface area (Å²) < 4.78 is 1.81. The molecule has 5 heteroatoms. The summed E-state index contributed by atoms with van der Waals surface area (Å²) in [6, 6.07) is 17.8. The molecule has 1 aliphatic rings. The Hall–Kier alpha value is -2.69. The van der Waals surface area contributed by atoms with Gasteiger partial charge >= 0.3 is 0 Å². The maximum atomic E-state index is 13.4. The van der Waals surface area contributed by atoms with Gasteiger partial charge in [0.05, 0.1) is 5.39 Å². The quantitative estimate of drug-likeness (QED) is 0.408. The molecule has 0 fully saturated rings. The molecular formula is C23H17ClN2OS. The topological polar surface area (TPSA) is 34.9 Å². The second-order valence-electron chi connectivity index (χ2n) is 6.91. The van der Waals surface area contributed by atoms with Gasteiger partial charge in [0.25, 0.3) is 5.56 Å². The normalized spacial score (nSPS) is 14.7. The van der Waals surface area contributed by atoms with Crippen LogP contribution in [0, 0.1) is 6.92 Å². The molecule has 0 spiro atoms. The molecule has 2 aromatic carbocycles. The van der Waals surface area contributed by atoms with E-state index in [1.54, 1.807) is 11.3 Å². The second kappa shape index (κ2) is 6.73.